The second kappa shape index (κ2) is 11.0. The molecule has 0 fully saturated rings. The molecule has 4 heteroatoms. The largest absolute Gasteiger partial charge is 0.456 e. The highest BCUT2D eigenvalue weighted by molar-refractivity contribution is 6.17. The average Bonchev–Trinajstić information content (AvgIpc) is 3.56. The van der Waals surface area contributed by atoms with E-state index in [2.05, 4.69) is 157 Å². The maximum Gasteiger partial charge on any atom is 0.159 e. The number of rotatable bonds is 4. The lowest BCUT2D eigenvalue weighted by Crippen LogP contribution is -2.34. The minimum atomic E-state index is -0.447. The molecule has 9 aromatic rings. The number of nitrogens with zero attached hydrogens (tertiary/aromatic N) is 2. The van der Waals surface area contributed by atoms with Crippen LogP contribution in [0.25, 0.3) is 65.4 Å². The Labute approximate surface area is 282 Å². The molecule has 230 valence electrons. The molecule has 1 aliphatic heterocycles. The third-order valence-corrected chi connectivity index (χ3v) is 9.71. The third kappa shape index (κ3) is 4.61. The quantitative estimate of drug-likeness (QED) is 0.197. The average molecular weight is 628 g/mol. The van der Waals surface area contributed by atoms with Crippen LogP contribution in [-0.2, 0) is 0 Å². The van der Waals surface area contributed by atoms with Gasteiger partial charge in [0.2, 0.25) is 0 Å². The molecule has 0 saturated carbocycles. The number of aliphatic imine (C=N–C) groups is 2. The van der Waals surface area contributed by atoms with Crippen LogP contribution in [0.2, 0.25) is 0 Å². The summed E-state index contributed by atoms with van der Waals surface area (Å²) in [5, 5.41) is 13.1. The van der Waals surface area contributed by atoms with Gasteiger partial charge in [-0.15, -0.1) is 0 Å². The van der Waals surface area contributed by atoms with Crippen LogP contribution in [0.15, 0.2) is 178 Å². The Hall–Kier alpha value is -6.52. The van der Waals surface area contributed by atoms with Crippen LogP contribution in [0.4, 0.5) is 0 Å². The predicted octanol–water partition coefficient (Wildman–Crippen LogP) is 11.2. The number of amidine groups is 2. The van der Waals surface area contributed by atoms with E-state index >= 15 is 0 Å². The molecule has 1 unspecified atom stereocenters. The lowest BCUT2D eigenvalue weighted by atomic mass is 9.93. The SMILES string of the molecule is c1ccc(-c2ccc3oc4ccccc4c3c2C2N=C(c3ccc4ccc5ccccc5c4c3)N=C(c3ccc4ccccc4c3)N2)cc1. The summed E-state index contributed by atoms with van der Waals surface area (Å²) in [4.78, 5) is 10.7. The van der Waals surface area contributed by atoms with Gasteiger partial charge in [-0.3, -0.25) is 0 Å². The van der Waals surface area contributed by atoms with E-state index in [-0.39, 0.29) is 0 Å². The topological polar surface area (TPSA) is 49.9 Å². The van der Waals surface area contributed by atoms with Gasteiger partial charge in [-0.2, -0.15) is 0 Å². The maximum atomic E-state index is 6.43. The minimum absolute atomic E-state index is 0.447. The van der Waals surface area contributed by atoms with Gasteiger partial charge in [0.25, 0.3) is 0 Å². The Kier molecular flexibility index (Phi) is 6.21. The Morgan fingerprint density at radius 2 is 1.14 bits per heavy atom. The number of hydrogen-bond donors (Lipinski definition) is 1. The van der Waals surface area contributed by atoms with Crippen molar-refractivity contribution in [3.63, 3.8) is 0 Å². The van der Waals surface area contributed by atoms with Crippen LogP contribution in [0, 0.1) is 0 Å². The Balaban J connectivity index is 1.24. The van der Waals surface area contributed by atoms with Crippen LogP contribution in [0.3, 0.4) is 0 Å². The number of para-hydroxylation sites is 1. The van der Waals surface area contributed by atoms with Gasteiger partial charge < -0.3 is 9.73 Å². The summed E-state index contributed by atoms with van der Waals surface area (Å²) in [6.45, 7) is 0. The molecule has 0 saturated heterocycles. The summed E-state index contributed by atoms with van der Waals surface area (Å²) in [6, 6.07) is 57.5. The lowest BCUT2D eigenvalue weighted by molar-refractivity contribution is 0.663. The second-order valence-electron chi connectivity index (χ2n) is 12.6. The standard InChI is InChI=1S/C45H29N3O/c1-2-11-29(12-3-1)36-24-25-40-41(37-16-8-9-17-39(37)49-40)42(36)45-47-43(33-22-18-28-10-4-5-14-32(28)26-33)46-44(48-45)34-23-21-31-20-19-30-13-6-7-15-35(30)38(31)27-34/h1-27,45H,(H,46,47,48). The molecule has 0 aliphatic carbocycles. The van der Waals surface area contributed by atoms with Gasteiger partial charge in [-0.05, 0) is 67.7 Å². The first kappa shape index (κ1) is 27.6. The van der Waals surface area contributed by atoms with Crippen LogP contribution in [0.1, 0.15) is 22.9 Å². The van der Waals surface area contributed by atoms with Crippen molar-refractivity contribution < 1.29 is 4.42 Å². The van der Waals surface area contributed by atoms with E-state index in [1.54, 1.807) is 0 Å². The molecule has 0 spiro atoms. The van der Waals surface area contributed by atoms with E-state index in [9.17, 15) is 0 Å². The van der Waals surface area contributed by atoms with Gasteiger partial charge in [-0.1, -0.05) is 140 Å². The molecule has 0 bridgehead atoms. The number of hydrogen-bond acceptors (Lipinski definition) is 4. The Morgan fingerprint density at radius 1 is 0.469 bits per heavy atom. The highest BCUT2D eigenvalue weighted by Crippen LogP contribution is 2.41. The highest BCUT2D eigenvalue weighted by atomic mass is 16.3. The van der Waals surface area contributed by atoms with Crippen LogP contribution in [0.5, 0.6) is 0 Å². The first-order valence-electron chi connectivity index (χ1n) is 16.6. The molecular weight excluding hydrogens is 599 g/mol. The van der Waals surface area contributed by atoms with Gasteiger partial charge in [-0.25, -0.2) is 9.98 Å². The first-order chi connectivity index (χ1) is 24.3. The molecule has 0 amide bonds. The lowest BCUT2D eigenvalue weighted by Gasteiger charge is -2.26. The fourth-order valence-electron chi connectivity index (χ4n) is 7.35. The molecule has 2 heterocycles. The van der Waals surface area contributed by atoms with Gasteiger partial charge in [0.15, 0.2) is 5.84 Å². The van der Waals surface area contributed by atoms with Gasteiger partial charge in [0.1, 0.15) is 23.2 Å². The van der Waals surface area contributed by atoms with Crippen LogP contribution in [-0.4, -0.2) is 11.7 Å². The van der Waals surface area contributed by atoms with Crippen molar-refractivity contribution in [2.45, 2.75) is 6.17 Å². The Morgan fingerprint density at radius 3 is 2.02 bits per heavy atom. The zero-order chi connectivity index (χ0) is 32.3. The molecule has 1 aliphatic rings. The summed E-state index contributed by atoms with van der Waals surface area (Å²) >= 11 is 0. The summed E-state index contributed by atoms with van der Waals surface area (Å²) < 4.78 is 6.43. The summed E-state index contributed by atoms with van der Waals surface area (Å²) in [5.74, 6) is 1.47. The first-order valence-corrected chi connectivity index (χ1v) is 16.6. The maximum absolute atomic E-state index is 6.43. The summed E-state index contributed by atoms with van der Waals surface area (Å²) in [6.07, 6.45) is -0.447. The predicted molar refractivity (Wildman–Crippen MR) is 204 cm³/mol. The molecule has 1 aromatic heterocycles. The number of fused-ring (bicyclic) bond motifs is 7. The number of nitrogens with one attached hydrogen (secondary N) is 1. The number of benzene rings is 8. The number of furan rings is 1. The van der Waals surface area contributed by atoms with E-state index in [0.29, 0.717) is 5.84 Å². The molecule has 8 aromatic carbocycles. The molecule has 1 atom stereocenters. The van der Waals surface area contributed by atoms with Crippen molar-refractivity contribution in [3.05, 3.63) is 180 Å². The smallest absolute Gasteiger partial charge is 0.159 e. The highest BCUT2D eigenvalue weighted by Gasteiger charge is 2.28. The van der Waals surface area contributed by atoms with Gasteiger partial charge in [0.05, 0.1) is 0 Å². The molecule has 49 heavy (non-hydrogen) atoms. The van der Waals surface area contributed by atoms with Gasteiger partial charge in [0, 0.05) is 27.5 Å². The minimum Gasteiger partial charge on any atom is -0.456 e. The summed E-state index contributed by atoms with van der Waals surface area (Å²) in [5.41, 5.74) is 6.95. The molecule has 4 nitrogen and oxygen atoms in total. The van der Waals surface area contributed by atoms with Crippen molar-refractivity contribution in [2.75, 3.05) is 0 Å². The van der Waals surface area contributed by atoms with E-state index in [0.717, 1.165) is 61.0 Å². The van der Waals surface area contributed by atoms with E-state index < -0.39 is 6.17 Å². The van der Waals surface area contributed by atoms with Crippen molar-refractivity contribution >= 4 is 65.9 Å². The molecule has 10 rings (SSSR count). The van der Waals surface area contributed by atoms with Gasteiger partial charge >= 0.3 is 0 Å². The second-order valence-corrected chi connectivity index (χ2v) is 12.6. The third-order valence-electron chi connectivity index (χ3n) is 9.71. The van der Waals surface area contributed by atoms with Crippen LogP contribution < -0.4 is 5.32 Å². The van der Waals surface area contributed by atoms with E-state index in [1.807, 2.05) is 12.1 Å². The van der Waals surface area contributed by atoms with Crippen LogP contribution >= 0.6 is 0 Å². The zero-order valence-electron chi connectivity index (χ0n) is 26.5. The molecular formula is C45H29N3O. The molecule has 1 N–H and O–H groups in total. The normalized spacial score (nSPS) is 14.7. The van der Waals surface area contributed by atoms with E-state index in [4.69, 9.17) is 14.4 Å². The monoisotopic (exact) mass is 627 g/mol. The van der Waals surface area contributed by atoms with E-state index in [1.165, 1.54) is 26.9 Å². The zero-order valence-corrected chi connectivity index (χ0v) is 26.5. The molecule has 0 radical (unpaired) electrons. The fourth-order valence-corrected chi connectivity index (χ4v) is 7.35. The van der Waals surface area contributed by atoms with Crippen molar-refractivity contribution in [1.29, 1.82) is 0 Å². The van der Waals surface area contributed by atoms with Crippen molar-refractivity contribution in [1.82, 2.24) is 5.32 Å². The van der Waals surface area contributed by atoms with Crippen molar-refractivity contribution in [2.24, 2.45) is 9.98 Å². The Bertz CT molecular complexity index is 2810. The van der Waals surface area contributed by atoms with Crippen molar-refractivity contribution in [3.8, 4) is 11.1 Å². The fraction of sp³-hybridized carbons (Fsp3) is 0.0222. The summed E-state index contributed by atoms with van der Waals surface area (Å²) in [7, 11) is 0.